The maximum absolute atomic E-state index is 5.42. The van der Waals surface area contributed by atoms with Crippen LogP contribution in [0.1, 0.15) is 43.4 Å². The monoisotopic (exact) mass is 386 g/mol. The summed E-state index contributed by atoms with van der Waals surface area (Å²) in [5.74, 6) is 3.32. The van der Waals surface area contributed by atoms with E-state index in [0.29, 0.717) is 35.8 Å². The van der Waals surface area contributed by atoms with Crippen LogP contribution < -0.4 is 24.8 Å². The number of benzene rings is 1. The third-order valence-electron chi connectivity index (χ3n) is 4.99. The molecule has 7 heteroatoms. The van der Waals surface area contributed by atoms with Gasteiger partial charge in [-0.3, -0.25) is 0 Å². The van der Waals surface area contributed by atoms with Gasteiger partial charge in [-0.2, -0.15) is 4.98 Å². The molecule has 7 nitrogen and oxygen atoms in total. The Hall–Kier alpha value is -2.70. The second-order valence-electron chi connectivity index (χ2n) is 7.08. The Morgan fingerprint density at radius 1 is 0.929 bits per heavy atom. The molecule has 0 aliphatic heterocycles. The molecule has 1 aromatic carbocycles. The number of hydrogen-bond donors (Lipinski definition) is 2. The molecule has 0 bridgehead atoms. The zero-order valence-electron chi connectivity index (χ0n) is 17.2. The highest BCUT2D eigenvalue weighted by Gasteiger charge is 2.15. The van der Waals surface area contributed by atoms with E-state index in [2.05, 4.69) is 20.6 Å². The van der Waals surface area contributed by atoms with Gasteiger partial charge in [-0.15, -0.1) is 0 Å². The van der Waals surface area contributed by atoms with E-state index >= 15 is 0 Å². The molecule has 0 atom stereocenters. The van der Waals surface area contributed by atoms with Gasteiger partial charge in [-0.25, -0.2) is 4.98 Å². The fourth-order valence-electron chi connectivity index (χ4n) is 3.60. The van der Waals surface area contributed by atoms with Crippen LogP contribution >= 0.6 is 0 Å². The van der Waals surface area contributed by atoms with E-state index in [1.807, 2.05) is 25.1 Å². The van der Waals surface area contributed by atoms with E-state index in [0.717, 1.165) is 17.1 Å². The van der Waals surface area contributed by atoms with Crippen LogP contribution in [-0.4, -0.2) is 37.3 Å². The van der Waals surface area contributed by atoms with Crippen LogP contribution in [0.25, 0.3) is 0 Å². The Kier molecular flexibility index (Phi) is 6.79. The minimum Gasteiger partial charge on any atom is -0.493 e. The second-order valence-corrected chi connectivity index (χ2v) is 7.08. The number of nitrogens with zero attached hydrogens (tertiary/aromatic N) is 2. The minimum absolute atomic E-state index is 0.506. The number of aryl methyl sites for hydroxylation is 1. The van der Waals surface area contributed by atoms with Gasteiger partial charge in [0, 0.05) is 24.3 Å². The summed E-state index contributed by atoms with van der Waals surface area (Å²) < 4.78 is 16.2. The van der Waals surface area contributed by atoms with Crippen LogP contribution in [0.4, 0.5) is 11.8 Å². The average Bonchev–Trinajstić information content (AvgIpc) is 2.71. The lowest BCUT2D eigenvalue weighted by atomic mass is 9.95. The van der Waals surface area contributed by atoms with Crippen molar-refractivity contribution < 1.29 is 14.2 Å². The molecule has 0 amide bonds. The Morgan fingerprint density at radius 2 is 1.61 bits per heavy atom. The molecule has 0 saturated heterocycles. The number of nitrogens with one attached hydrogen (secondary N) is 2. The van der Waals surface area contributed by atoms with Crippen LogP contribution in [0, 0.1) is 6.92 Å². The quantitative estimate of drug-likeness (QED) is 0.705. The third kappa shape index (κ3) is 4.97. The van der Waals surface area contributed by atoms with Gasteiger partial charge in [0.2, 0.25) is 11.7 Å². The fourth-order valence-corrected chi connectivity index (χ4v) is 3.60. The highest BCUT2D eigenvalue weighted by molar-refractivity contribution is 5.54. The van der Waals surface area contributed by atoms with Gasteiger partial charge >= 0.3 is 0 Å². The molecule has 2 N–H and O–H groups in total. The standard InChI is InChI=1S/C21H30N4O3/c1-14-10-19(24-16-8-6-5-7-9-16)25-21(23-14)22-13-15-11-17(26-2)20(28-4)18(12-15)27-3/h10-12,16H,5-9,13H2,1-4H3,(H2,22,23,24,25). The summed E-state index contributed by atoms with van der Waals surface area (Å²) in [6, 6.07) is 6.35. The summed E-state index contributed by atoms with van der Waals surface area (Å²) in [6.07, 6.45) is 6.32. The van der Waals surface area contributed by atoms with E-state index in [4.69, 9.17) is 14.2 Å². The van der Waals surface area contributed by atoms with Gasteiger partial charge in [0.05, 0.1) is 21.3 Å². The summed E-state index contributed by atoms with van der Waals surface area (Å²) in [6.45, 7) is 2.53. The van der Waals surface area contributed by atoms with E-state index in [1.165, 1.54) is 32.1 Å². The highest BCUT2D eigenvalue weighted by Crippen LogP contribution is 2.38. The largest absolute Gasteiger partial charge is 0.493 e. The van der Waals surface area contributed by atoms with Crippen molar-refractivity contribution >= 4 is 11.8 Å². The topological polar surface area (TPSA) is 77.5 Å². The van der Waals surface area contributed by atoms with E-state index < -0.39 is 0 Å². The molecule has 0 unspecified atom stereocenters. The molecule has 0 spiro atoms. The van der Waals surface area contributed by atoms with Crippen LogP contribution in [0.2, 0.25) is 0 Å². The molecule has 1 heterocycles. The lowest BCUT2D eigenvalue weighted by Crippen LogP contribution is -2.23. The Balaban J connectivity index is 1.71. The molecule has 1 aliphatic rings. The first-order valence-corrected chi connectivity index (χ1v) is 9.78. The predicted octanol–water partition coefficient (Wildman–Crippen LogP) is 4.17. The number of anilines is 2. The van der Waals surface area contributed by atoms with Crippen molar-refractivity contribution in [3.63, 3.8) is 0 Å². The zero-order chi connectivity index (χ0) is 19.9. The van der Waals surface area contributed by atoms with Crippen LogP contribution in [-0.2, 0) is 6.54 Å². The second kappa shape index (κ2) is 9.48. The first-order chi connectivity index (χ1) is 13.6. The molecule has 28 heavy (non-hydrogen) atoms. The van der Waals surface area contributed by atoms with Gasteiger partial charge in [0.25, 0.3) is 0 Å². The number of rotatable bonds is 8. The number of aromatic nitrogens is 2. The maximum Gasteiger partial charge on any atom is 0.225 e. The molecule has 152 valence electrons. The van der Waals surface area contributed by atoms with Gasteiger partial charge in [-0.1, -0.05) is 19.3 Å². The van der Waals surface area contributed by atoms with Crippen molar-refractivity contribution in [1.29, 1.82) is 0 Å². The summed E-state index contributed by atoms with van der Waals surface area (Å²) in [5, 5.41) is 6.87. The van der Waals surface area contributed by atoms with Gasteiger partial charge < -0.3 is 24.8 Å². The van der Waals surface area contributed by atoms with Gasteiger partial charge in [-0.05, 0) is 37.5 Å². The average molecular weight is 386 g/mol. The SMILES string of the molecule is COc1cc(CNc2nc(C)cc(NC3CCCCC3)n2)cc(OC)c1OC. The maximum atomic E-state index is 5.42. The van der Waals surface area contributed by atoms with Crippen molar-refractivity contribution in [2.75, 3.05) is 32.0 Å². The lowest BCUT2D eigenvalue weighted by Gasteiger charge is -2.23. The lowest BCUT2D eigenvalue weighted by molar-refractivity contribution is 0.324. The van der Waals surface area contributed by atoms with Crippen molar-refractivity contribution in [3.05, 3.63) is 29.5 Å². The predicted molar refractivity (Wildman–Crippen MR) is 111 cm³/mol. The molecule has 1 aliphatic carbocycles. The van der Waals surface area contributed by atoms with Crippen molar-refractivity contribution in [3.8, 4) is 17.2 Å². The smallest absolute Gasteiger partial charge is 0.225 e. The Morgan fingerprint density at radius 3 is 2.21 bits per heavy atom. The number of ether oxygens (including phenoxy) is 3. The first-order valence-electron chi connectivity index (χ1n) is 9.78. The Bertz CT molecular complexity index is 766. The molecule has 0 radical (unpaired) electrons. The fraction of sp³-hybridized carbons (Fsp3) is 0.524. The van der Waals surface area contributed by atoms with E-state index in [9.17, 15) is 0 Å². The van der Waals surface area contributed by atoms with Crippen LogP contribution in [0.3, 0.4) is 0 Å². The molecular weight excluding hydrogens is 356 g/mol. The molecular formula is C21H30N4O3. The van der Waals surface area contributed by atoms with Crippen molar-refractivity contribution in [2.45, 2.75) is 51.6 Å². The molecule has 1 fully saturated rings. The summed E-state index contributed by atoms with van der Waals surface area (Å²) in [5.41, 5.74) is 1.92. The number of hydrogen-bond acceptors (Lipinski definition) is 7. The van der Waals surface area contributed by atoms with Crippen LogP contribution in [0.5, 0.6) is 17.2 Å². The van der Waals surface area contributed by atoms with E-state index in [1.54, 1.807) is 21.3 Å². The summed E-state index contributed by atoms with van der Waals surface area (Å²) in [4.78, 5) is 9.15. The highest BCUT2D eigenvalue weighted by atomic mass is 16.5. The molecule has 3 rings (SSSR count). The molecule has 1 aromatic heterocycles. The molecule has 2 aromatic rings. The first kappa shape index (κ1) is 20.0. The number of methoxy groups -OCH3 is 3. The van der Waals surface area contributed by atoms with Crippen LogP contribution in [0.15, 0.2) is 18.2 Å². The third-order valence-corrected chi connectivity index (χ3v) is 4.99. The minimum atomic E-state index is 0.506. The van der Waals surface area contributed by atoms with Gasteiger partial charge in [0.1, 0.15) is 5.82 Å². The van der Waals surface area contributed by atoms with E-state index in [-0.39, 0.29) is 0 Å². The summed E-state index contributed by atoms with van der Waals surface area (Å²) in [7, 11) is 4.82. The van der Waals surface area contributed by atoms with Crippen molar-refractivity contribution in [1.82, 2.24) is 9.97 Å². The Labute approximate surface area is 166 Å². The molecule has 1 saturated carbocycles. The van der Waals surface area contributed by atoms with Gasteiger partial charge in [0.15, 0.2) is 11.5 Å². The normalized spacial score (nSPS) is 14.4. The zero-order valence-corrected chi connectivity index (χ0v) is 17.2. The summed E-state index contributed by atoms with van der Waals surface area (Å²) >= 11 is 0. The van der Waals surface area contributed by atoms with Crippen molar-refractivity contribution in [2.24, 2.45) is 0 Å².